The third kappa shape index (κ3) is 2.86. The quantitative estimate of drug-likeness (QED) is 0.927. The molecule has 0 aliphatic rings. The van der Waals surface area contributed by atoms with Crippen molar-refractivity contribution in [1.29, 1.82) is 0 Å². The summed E-state index contributed by atoms with van der Waals surface area (Å²) in [4.78, 5) is 0. The second-order valence-corrected chi connectivity index (χ2v) is 4.70. The van der Waals surface area contributed by atoms with Gasteiger partial charge < -0.3 is 5.32 Å². The van der Waals surface area contributed by atoms with Crippen LogP contribution in [0.1, 0.15) is 19.5 Å². The molecule has 1 N–H and O–H groups in total. The molecule has 0 aliphatic heterocycles. The Hall–Kier alpha value is -1.46. The van der Waals surface area contributed by atoms with E-state index in [1.807, 2.05) is 13.8 Å². The van der Waals surface area contributed by atoms with E-state index in [0.717, 1.165) is 5.69 Å². The van der Waals surface area contributed by atoms with Crippen molar-refractivity contribution in [2.24, 2.45) is 0 Å². The lowest BCUT2D eigenvalue weighted by Gasteiger charge is -2.10. The fourth-order valence-electron chi connectivity index (χ4n) is 1.54. The molecular weight excluding hydrogens is 255 g/mol. The van der Waals surface area contributed by atoms with Crippen LogP contribution in [0, 0.1) is 5.82 Å². The highest BCUT2D eigenvalue weighted by molar-refractivity contribution is 6.30. The average molecular weight is 269 g/mol. The van der Waals surface area contributed by atoms with Gasteiger partial charge in [0.15, 0.2) is 0 Å². The molecule has 2 aromatic rings. The van der Waals surface area contributed by atoms with Gasteiger partial charge in [-0.05, 0) is 18.2 Å². The molecule has 0 atom stereocenters. The summed E-state index contributed by atoms with van der Waals surface area (Å²) in [7, 11) is 0. The normalized spacial score (nSPS) is 11.2. The molecule has 4 nitrogen and oxygen atoms in total. The summed E-state index contributed by atoms with van der Waals surface area (Å²) in [5.74, 6) is -0.418. The molecule has 0 unspecified atom stereocenters. The van der Waals surface area contributed by atoms with Gasteiger partial charge in [-0.25, -0.2) is 9.07 Å². The second-order valence-electron chi connectivity index (χ2n) is 4.27. The van der Waals surface area contributed by atoms with Crippen LogP contribution < -0.4 is 5.32 Å². The number of halogens is 2. The Bertz CT molecular complexity index is 539. The minimum absolute atomic E-state index is 0.336. The van der Waals surface area contributed by atoms with Crippen LogP contribution in [0.25, 0.3) is 5.69 Å². The van der Waals surface area contributed by atoms with Crippen LogP contribution in [0.4, 0.5) is 4.39 Å². The predicted molar refractivity (Wildman–Crippen MR) is 68.3 cm³/mol. The summed E-state index contributed by atoms with van der Waals surface area (Å²) in [5.41, 5.74) is 1.14. The van der Waals surface area contributed by atoms with Crippen LogP contribution in [0.15, 0.2) is 24.4 Å². The van der Waals surface area contributed by atoms with Gasteiger partial charge in [-0.2, -0.15) is 0 Å². The van der Waals surface area contributed by atoms with E-state index in [2.05, 4.69) is 15.6 Å². The number of hydrogen-bond acceptors (Lipinski definition) is 3. The number of nitrogens with zero attached hydrogens (tertiary/aromatic N) is 3. The number of hydrogen-bond donors (Lipinski definition) is 1. The Kier molecular flexibility index (Phi) is 3.93. The molecule has 0 radical (unpaired) electrons. The summed E-state index contributed by atoms with van der Waals surface area (Å²) in [6.07, 6.45) is 1.61. The highest BCUT2D eigenvalue weighted by Gasteiger charge is 2.11. The molecule has 0 fully saturated rings. The SMILES string of the molecule is CC(C)NCc1cnnn1-c1ccc(Cl)cc1F. The Morgan fingerprint density at radius 3 is 2.89 bits per heavy atom. The maximum atomic E-state index is 13.8. The van der Waals surface area contributed by atoms with E-state index >= 15 is 0 Å². The fourth-order valence-corrected chi connectivity index (χ4v) is 1.70. The number of benzene rings is 1. The van der Waals surface area contributed by atoms with Crippen LogP contribution in [0.3, 0.4) is 0 Å². The van der Waals surface area contributed by atoms with Crippen molar-refractivity contribution < 1.29 is 4.39 Å². The molecule has 18 heavy (non-hydrogen) atoms. The first kappa shape index (κ1) is 13.0. The summed E-state index contributed by atoms with van der Waals surface area (Å²) in [6, 6.07) is 4.81. The maximum absolute atomic E-state index is 13.8. The van der Waals surface area contributed by atoms with Crippen LogP contribution >= 0.6 is 11.6 Å². The van der Waals surface area contributed by atoms with Crippen molar-refractivity contribution >= 4 is 11.6 Å². The van der Waals surface area contributed by atoms with Crippen LogP contribution in [0.2, 0.25) is 5.02 Å². The molecule has 96 valence electrons. The predicted octanol–water partition coefficient (Wildman–Crippen LogP) is 2.56. The van der Waals surface area contributed by atoms with E-state index in [-0.39, 0.29) is 0 Å². The average Bonchev–Trinajstić information content (AvgIpc) is 2.74. The van der Waals surface area contributed by atoms with E-state index in [0.29, 0.717) is 23.3 Å². The monoisotopic (exact) mass is 268 g/mol. The van der Waals surface area contributed by atoms with Gasteiger partial charge in [-0.1, -0.05) is 30.7 Å². The lowest BCUT2D eigenvalue weighted by Crippen LogP contribution is -2.23. The molecule has 0 saturated heterocycles. The minimum Gasteiger partial charge on any atom is -0.309 e. The van der Waals surface area contributed by atoms with Crippen molar-refractivity contribution in [3.63, 3.8) is 0 Å². The third-order valence-corrected chi connectivity index (χ3v) is 2.68. The maximum Gasteiger partial charge on any atom is 0.150 e. The number of aromatic nitrogens is 3. The van der Waals surface area contributed by atoms with Gasteiger partial charge in [0, 0.05) is 17.6 Å². The van der Waals surface area contributed by atoms with Gasteiger partial charge in [0.25, 0.3) is 0 Å². The highest BCUT2D eigenvalue weighted by atomic mass is 35.5. The topological polar surface area (TPSA) is 42.7 Å². The number of nitrogens with one attached hydrogen (secondary N) is 1. The van der Waals surface area contributed by atoms with Crippen LogP contribution in [0.5, 0.6) is 0 Å². The first-order chi connectivity index (χ1) is 8.58. The molecule has 1 heterocycles. The summed E-state index contributed by atoms with van der Waals surface area (Å²) in [6.45, 7) is 4.65. The van der Waals surface area contributed by atoms with Crippen molar-refractivity contribution in [2.45, 2.75) is 26.4 Å². The molecule has 0 aliphatic carbocycles. The molecule has 6 heteroatoms. The van der Waals surface area contributed by atoms with Crippen molar-refractivity contribution in [3.05, 3.63) is 40.9 Å². The molecule has 0 amide bonds. The van der Waals surface area contributed by atoms with Gasteiger partial charge in [-0.15, -0.1) is 5.10 Å². The van der Waals surface area contributed by atoms with Crippen LogP contribution in [-0.4, -0.2) is 21.0 Å². The zero-order chi connectivity index (χ0) is 13.1. The first-order valence-electron chi connectivity index (χ1n) is 5.66. The zero-order valence-corrected chi connectivity index (χ0v) is 10.9. The minimum atomic E-state index is -0.418. The molecule has 0 saturated carbocycles. The Labute approximate surface area is 110 Å². The molecule has 1 aromatic carbocycles. The summed E-state index contributed by atoms with van der Waals surface area (Å²) >= 11 is 5.72. The first-order valence-corrected chi connectivity index (χ1v) is 6.04. The van der Waals surface area contributed by atoms with Crippen LogP contribution in [-0.2, 0) is 6.54 Å². The lowest BCUT2D eigenvalue weighted by atomic mass is 10.3. The molecule has 0 spiro atoms. The van der Waals surface area contributed by atoms with Gasteiger partial charge in [0.05, 0.1) is 11.9 Å². The molecule has 2 rings (SSSR count). The molecule has 0 bridgehead atoms. The lowest BCUT2D eigenvalue weighted by molar-refractivity contribution is 0.560. The molecular formula is C12H14ClFN4. The summed E-state index contributed by atoms with van der Waals surface area (Å²) < 4.78 is 15.3. The van der Waals surface area contributed by atoms with Gasteiger partial charge in [-0.3, -0.25) is 0 Å². The zero-order valence-electron chi connectivity index (χ0n) is 10.2. The van der Waals surface area contributed by atoms with E-state index in [1.165, 1.54) is 10.7 Å². The van der Waals surface area contributed by atoms with Gasteiger partial charge in [0.2, 0.25) is 0 Å². The van der Waals surface area contributed by atoms with Gasteiger partial charge in [0.1, 0.15) is 11.5 Å². The van der Waals surface area contributed by atoms with E-state index in [4.69, 9.17) is 11.6 Å². The van der Waals surface area contributed by atoms with Crippen molar-refractivity contribution in [1.82, 2.24) is 20.3 Å². The highest BCUT2D eigenvalue weighted by Crippen LogP contribution is 2.18. The Balaban J connectivity index is 2.30. The van der Waals surface area contributed by atoms with E-state index in [9.17, 15) is 4.39 Å². The van der Waals surface area contributed by atoms with Crippen molar-refractivity contribution in [3.8, 4) is 5.69 Å². The standard InChI is InChI=1S/C12H14ClFN4/c1-8(2)15-6-10-7-16-17-18(10)12-4-3-9(13)5-11(12)14/h3-5,7-8,15H,6H2,1-2H3. The largest absolute Gasteiger partial charge is 0.309 e. The molecule has 1 aromatic heterocycles. The fraction of sp³-hybridized carbons (Fsp3) is 0.333. The Morgan fingerprint density at radius 1 is 1.44 bits per heavy atom. The van der Waals surface area contributed by atoms with Crippen molar-refractivity contribution in [2.75, 3.05) is 0 Å². The number of rotatable bonds is 4. The van der Waals surface area contributed by atoms with E-state index in [1.54, 1.807) is 18.3 Å². The third-order valence-electron chi connectivity index (χ3n) is 2.45. The van der Waals surface area contributed by atoms with E-state index < -0.39 is 5.82 Å². The van der Waals surface area contributed by atoms with Gasteiger partial charge >= 0.3 is 0 Å². The smallest absolute Gasteiger partial charge is 0.150 e. The second kappa shape index (κ2) is 5.46. The summed E-state index contributed by atoms with van der Waals surface area (Å²) in [5, 5.41) is 11.3. The Morgan fingerprint density at radius 2 is 2.22 bits per heavy atom.